The van der Waals surface area contributed by atoms with Crippen molar-refractivity contribution in [1.29, 1.82) is 0 Å². The van der Waals surface area contributed by atoms with E-state index in [2.05, 4.69) is 37.9 Å². The van der Waals surface area contributed by atoms with Gasteiger partial charge in [0.1, 0.15) is 6.10 Å². The van der Waals surface area contributed by atoms with E-state index in [9.17, 15) is 5.11 Å². The van der Waals surface area contributed by atoms with Crippen molar-refractivity contribution < 1.29 is 5.11 Å². The van der Waals surface area contributed by atoms with Crippen LogP contribution in [-0.2, 0) is 12.8 Å². The lowest BCUT2D eigenvalue weighted by Gasteiger charge is -2.17. The van der Waals surface area contributed by atoms with Crippen LogP contribution in [0.25, 0.3) is 0 Å². The number of benzene rings is 2. The minimum atomic E-state index is -0.707. The Labute approximate surface area is 133 Å². The summed E-state index contributed by atoms with van der Waals surface area (Å²) in [4.78, 5) is 0. The van der Waals surface area contributed by atoms with Crippen molar-refractivity contribution in [2.75, 3.05) is 5.32 Å². The monoisotopic (exact) mass is 295 g/mol. The molecule has 0 aliphatic rings. The number of aryl methyl sites for hydroxylation is 2. The first-order chi connectivity index (χ1) is 10.6. The fourth-order valence-corrected chi connectivity index (χ4v) is 2.43. The Kier molecular flexibility index (Phi) is 5.79. The molecule has 0 fully saturated rings. The first-order valence-electron chi connectivity index (χ1n) is 7.95. The average Bonchev–Trinajstić information content (AvgIpc) is 2.56. The molecule has 1 unspecified atom stereocenters. The molecule has 2 aromatic carbocycles. The molecular formula is C20H25NO. The summed E-state index contributed by atoms with van der Waals surface area (Å²) in [6.07, 6.45) is 2.53. The highest BCUT2D eigenvalue weighted by atomic mass is 16.3. The van der Waals surface area contributed by atoms with Gasteiger partial charge in [-0.2, -0.15) is 0 Å². The molecule has 0 aliphatic heterocycles. The predicted molar refractivity (Wildman–Crippen MR) is 94.0 cm³/mol. The molecule has 0 amide bonds. The van der Waals surface area contributed by atoms with E-state index < -0.39 is 6.10 Å². The zero-order valence-corrected chi connectivity index (χ0v) is 13.5. The predicted octanol–water partition coefficient (Wildman–Crippen LogP) is 4.86. The van der Waals surface area contributed by atoms with Crippen molar-refractivity contribution in [3.63, 3.8) is 0 Å². The fourth-order valence-electron chi connectivity index (χ4n) is 2.43. The zero-order valence-electron chi connectivity index (χ0n) is 13.5. The van der Waals surface area contributed by atoms with E-state index in [-0.39, 0.29) is 0 Å². The lowest BCUT2D eigenvalue weighted by atomic mass is 10.0. The first-order valence-corrected chi connectivity index (χ1v) is 7.95. The quantitative estimate of drug-likeness (QED) is 0.764. The molecule has 0 saturated carbocycles. The van der Waals surface area contributed by atoms with E-state index in [1.807, 2.05) is 36.4 Å². The second kappa shape index (κ2) is 7.81. The Morgan fingerprint density at radius 2 is 1.59 bits per heavy atom. The van der Waals surface area contributed by atoms with Crippen molar-refractivity contribution in [3.8, 4) is 0 Å². The van der Waals surface area contributed by atoms with Crippen LogP contribution in [0.1, 0.15) is 43.1 Å². The van der Waals surface area contributed by atoms with Gasteiger partial charge in [-0.3, -0.25) is 0 Å². The maximum atomic E-state index is 10.4. The SMILES string of the molecule is C=C(Nc1ccc(CCC)cc1)C(O)c1ccc(CC)cc1. The summed E-state index contributed by atoms with van der Waals surface area (Å²) >= 11 is 0. The highest BCUT2D eigenvalue weighted by Crippen LogP contribution is 2.23. The summed E-state index contributed by atoms with van der Waals surface area (Å²) in [6.45, 7) is 8.26. The lowest BCUT2D eigenvalue weighted by molar-refractivity contribution is 0.217. The van der Waals surface area contributed by atoms with Gasteiger partial charge in [0.05, 0.1) is 0 Å². The number of nitrogens with one attached hydrogen (secondary N) is 1. The van der Waals surface area contributed by atoms with Crippen molar-refractivity contribution in [3.05, 3.63) is 77.5 Å². The molecule has 1 atom stereocenters. The smallest absolute Gasteiger partial charge is 0.118 e. The third-order valence-electron chi connectivity index (χ3n) is 3.83. The van der Waals surface area contributed by atoms with Gasteiger partial charge in [-0.05, 0) is 41.7 Å². The topological polar surface area (TPSA) is 32.3 Å². The van der Waals surface area contributed by atoms with Gasteiger partial charge >= 0.3 is 0 Å². The summed E-state index contributed by atoms with van der Waals surface area (Å²) in [6, 6.07) is 16.3. The first kappa shape index (κ1) is 16.3. The van der Waals surface area contributed by atoms with Crippen molar-refractivity contribution in [2.24, 2.45) is 0 Å². The van der Waals surface area contributed by atoms with Gasteiger partial charge in [0.15, 0.2) is 0 Å². The molecule has 2 rings (SSSR count). The maximum Gasteiger partial charge on any atom is 0.118 e. The van der Waals surface area contributed by atoms with Gasteiger partial charge in [-0.15, -0.1) is 0 Å². The summed E-state index contributed by atoms with van der Waals surface area (Å²) in [5.41, 5.74) is 4.99. The van der Waals surface area contributed by atoms with Crippen LogP contribution in [0.2, 0.25) is 0 Å². The van der Waals surface area contributed by atoms with Crippen molar-refractivity contribution in [2.45, 2.75) is 39.2 Å². The van der Waals surface area contributed by atoms with Gasteiger partial charge in [-0.1, -0.05) is 63.2 Å². The Hall–Kier alpha value is -2.06. The normalized spacial score (nSPS) is 12.0. The van der Waals surface area contributed by atoms with Crippen molar-refractivity contribution >= 4 is 5.69 Å². The zero-order chi connectivity index (χ0) is 15.9. The third kappa shape index (κ3) is 4.22. The molecule has 2 N–H and O–H groups in total. The minimum Gasteiger partial charge on any atom is -0.382 e. The lowest BCUT2D eigenvalue weighted by Crippen LogP contribution is -2.09. The molecule has 0 heterocycles. The molecule has 0 aromatic heterocycles. The van der Waals surface area contributed by atoms with Gasteiger partial charge in [0.2, 0.25) is 0 Å². The summed E-state index contributed by atoms with van der Waals surface area (Å²) in [5.74, 6) is 0. The number of aliphatic hydroxyl groups is 1. The molecule has 116 valence electrons. The molecule has 2 aromatic rings. The summed E-state index contributed by atoms with van der Waals surface area (Å²) in [7, 11) is 0. The van der Waals surface area contributed by atoms with E-state index in [1.54, 1.807) is 0 Å². The van der Waals surface area contributed by atoms with Crippen LogP contribution in [0.4, 0.5) is 5.69 Å². The van der Waals surface area contributed by atoms with E-state index in [4.69, 9.17) is 0 Å². The second-order valence-electron chi connectivity index (χ2n) is 5.59. The number of aliphatic hydroxyl groups excluding tert-OH is 1. The Balaban J connectivity index is 2.00. The van der Waals surface area contributed by atoms with Gasteiger partial charge in [0.25, 0.3) is 0 Å². The van der Waals surface area contributed by atoms with Crippen LogP contribution in [0.5, 0.6) is 0 Å². The number of anilines is 1. The molecular weight excluding hydrogens is 270 g/mol. The summed E-state index contributed by atoms with van der Waals surface area (Å²) in [5, 5.41) is 13.6. The minimum absolute atomic E-state index is 0.590. The van der Waals surface area contributed by atoms with Gasteiger partial charge < -0.3 is 10.4 Å². The van der Waals surface area contributed by atoms with E-state index >= 15 is 0 Å². The van der Waals surface area contributed by atoms with Crippen LogP contribution in [0, 0.1) is 0 Å². The average molecular weight is 295 g/mol. The molecule has 22 heavy (non-hydrogen) atoms. The molecule has 0 radical (unpaired) electrons. The second-order valence-corrected chi connectivity index (χ2v) is 5.59. The fraction of sp³-hybridized carbons (Fsp3) is 0.300. The van der Waals surface area contributed by atoms with E-state index in [0.29, 0.717) is 5.70 Å². The van der Waals surface area contributed by atoms with Crippen LogP contribution in [-0.4, -0.2) is 5.11 Å². The largest absolute Gasteiger partial charge is 0.382 e. The van der Waals surface area contributed by atoms with E-state index in [0.717, 1.165) is 30.5 Å². The Morgan fingerprint density at radius 3 is 2.14 bits per heavy atom. The highest BCUT2D eigenvalue weighted by molar-refractivity contribution is 5.50. The van der Waals surface area contributed by atoms with Crippen molar-refractivity contribution in [1.82, 2.24) is 0 Å². The molecule has 0 bridgehead atoms. The Bertz CT molecular complexity index is 599. The molecule has 0 spiro atoms. The number of rotatable bonds is 7. The van der Waals surface area contributed by atoms with Crippen LogP contribution in [0.3, 0.4) is 0 Å². The summed E-state index contributed by atoms with van der Waals surface area (Å²) < 4.78 is 0. The van der Waals surface area contributed by atoms with Crippen LogP contribution < -0.4 is 5.32 Å². The van der Waals surface area contributed by atoms with Crippen LogP contribution >= 0.6 is 0 Å². The maximum absolute atomic E-state index is 10.4. The molecule has 2 heteroatoms. The van der Waals surface area contributed by atoms with Crippen LogP contribution in [0.15, 0.2) is 60.8 Å². The standard InChI is InChI=1S/C20H25NO/c1-4-6-17-9-13-19(14-10-17)21-15(3)20(22)18-11-7-16(5-2)8-12-18/h7-14,20-22H,3-6H2,1-2H3. The number of hydrogen-bond donors (Lipinski definition) is 2. The highest BCUT2D eigenvalue weighted by Gasteiger charge is 2.11. The third-order valence-corrected chi connectivity index (χ3v) is 3.83. The molecule has 0 aliphatic carbocycles. The van der Waals surface area contributed by atoms with Gasteiger partial charge in [0, 0.05) is 11.4 Å². The number of hydrogen-bond acceptors (Lipinski definition) is 2. The van der Waals surface area contributed by atoms with E-state index in [1.165, 1.54) is 11.1 Å². The van der Waals surface area contributed by atoms with Gasteiger partial charge in [-0.25, -0.2) is 0 Å². The molecule has 0 saturated heterocycles. The molecule has 2 nitrogen and oxygen atoms in total. The Morgan fingerprint density at radius 1 is 1.00 bits per heavy atom.